The number of halogens is 1. The Kier molecular flexibility index (Phi) is 6.24. The first kappa shape index (κ1) is 19.5. The maximum Gasteiger partial charge on any atom is 0.239 e. The van der Waals surface area contributed by atoms with Gasteiger partial charge < -0.3 is 10.2 Å². The number of sulfone groups is 1. The van der Waals surface area contributed by atoms with Crippen LogP contribution >= 0.6 is 15.9 Å². The number of amides is 1. The smallest absolute Gasteiger partial charge is 0.239 e. The topological polar surface area (TPSA) is 66.5 Å². The first-order valence-electron chi connectivity index (χ1n) is 7.69. The van der Waals surface area contributed by atoms with Crippen molar-refractivity contribution in [3.05, 3.63) is 58.1 Å². The minimum absolute atomic E-state index is 0.168. The predicted molar refractivity (Wildman–Crippen MR) is 106 cm³/mol. The molecule has 0 heterocycles. The molecule has 0 atom stereocenters. The van der Waals surface area contributed by atoms with Gasteiger partial charge in [-0.3, -0.25) is 4.79 Å². The molecule has 0 radical (unpaired) electrons. The number of carbonyl (C=O) groups is 1. The average molecular weight is 425 g/mol. The Morgan fingerprint density at radius 3 is 2.48 bits per heavy atom. The summed E-state index contributed by atoms with van der Waals surface area (Å²) in [6, 6.07) is 12.5. The molecule has 0 fully saturated rings. The van der Waals surface area contributed by atoms with Crippen LogP contribution in [0.2, 0.25) is 0 Å². The van der Waals surface area contributed by atoms with E-state index in [4.69, 9.17) is 0 Å². The van der Waals surface area contributed by atoms with Gasteiger partial charge in [0.2, 0.25) is 5.91 Å². The van der Waals surface area contributed by atoms with Gasteiger partial charge in [0.15, 0.2) is 9.84 Å². The van der Waals surface area contributed by atoms with Crippen molar-refractivity contribution in [1.82, 2.24) is 0 Å². The molecule has 25 heavy (non-hydrogen) atoms. The molecule has 0 saturated heterocycles. The molecule has 7 heteroatoms. The second kappa shape index (κ2) is 8.01. The fourth-order valence-electron chi connectivity index (χ4n) is 2.56. The number of benzene rings is 2. The Morgan fingerprint density at radius 2 is 1.88 bits per heavy atom. The monoisotopic (exact) mass is 424 g/mol. The van der Waals surface area contributed by atoms with Crippen LogP contribution in [-0.2, 0) is 20.4 Å². The zero-order chi connectivity index (χ0) is 18.6. The molecular weight excluding hydrogens is 404 g/mol. The summed E-state index contributed by atoms with van der Waals surface area (Å²) >= 11 is 3.31. The Labute approximate surface area is 157 Å². The van der Waals surface area contributed by atoms with Gasteiger partial charge in [0.25, 0.3) is 0 Å². The van der Waals surface area contributed by atoms with E-state index in [1.807, 2.05) is 44.1 Å². The van der Waals surface area contributed by atoms with Crippen molar-refractivity contribution in [1.29, 1.82) is 0 Å². The Morgan fingerprint density at radius 1 is 1.16 bits per heavy atom. The fourth-order valence-corrected chi connectivity index (χ4v) is 4.27. The molecular formula is C18H21BrN2O3S. The molecule has 0 saturated carbocycles. The summed E-state index contributed by atoms with van der Waals surface area (Å²) in [5.74, 6) is -1.25. The van der Waals surface area contributed by atoms with Gasteiger partial charge in [-0.1, -0.05) is 28.1 Å². The van der Waals surface area contributed by atoms with E-state index >= 15 is 0 Å². The molecule has 2 rings (SSSR count). The molecule has 0 aliphatic rings. The van der Waals surface area contributed by atoms with Gasteiger partial charge in [-0.05, 0) is 48.4 Å². The van der Waals surface area contributed by atoms with E-state index in [1.165, 1.54) is 0 Å². The highest BCUT2D eigenvalue weighted by Gasteiger charge is 2.18. The zero-order valence-electron chi connectivity index (χ0n) is 14.4. The third-order valence-corrected chi connectivity index (χ3v) is 5.56. The van der Waals surface area contributed by atoms with Crippen molar-refractivity contribution in [2.24, 2.45) is 0 Å². The third-order valence-electron chi connectivity index (χ3n) is 3.59. The quantitative estimate of drug-likeness (QED) is 0.771. The summed E-state index contributed by atoms with van der Waals surface area (Å²) in [5, 5.41) is 2.66. The van der Waals surface area contributed by atoms with E-state index in [-0.39, 0.29) is 5.75 Å². The largest absolute Gasteiger partial charge is 0.377 e. The van der Waals surface area contributed by atoms with Crippen LogP contribution in [0.5, 0.6) is 0 Å². The van der Waals surface area contributed by atoms with Crippen LogP contribution in [0, 0.1) is 6.92 Å². The van der Waals surface area contributed by atoms with Gasteiger partial charge in [-0.25, -0.2) is 8.42 Å². The van der Waals surface area contributed by atoms with Crippen LogP contribution in [0.1, 0.15) is 11.1 Å². The van der Waals surface area contributed by atoms with Gasteiger partial charge in [0.05, 0.1) is 5.75 Å². The van der Waals surface area contributed by atoms with Crippen molar-refractivity contribution < 1.29 is 13.2 Å². The molecule has 2 aromatic rings. The standard InChI is InChI=1S/C18H21BrN2O3S/c1-13-9-16(7-8-17(13)21(2)3)20-18(22)12-25(23,24)11-14-5-4-6-15(19)10-14/h4-10H,11-12H2,1-3H3,(H,20,22). The lowest BCUT2D eigenvalue weighted by atomic mass is 10.1. The highest BCUT2D eigenvalue weighted by molar-refractivity contribution is 9.10. The third kappa shape index (κ3) is 5.86. The van der Waals surface area contributed by atoms with Gasteiger partial charge in [0, 0.05) is 29.9 Å². The van der Waals surface area contributed by atoms with E-state index in [2.05, 4.69) is 21.2 Å². The van der Waals surface area contributed by atoms with Crippen LogP contribution in [-0.4, -0.2) is 34.2 Å². The van der Waals surface area contributed by atoms with Crippen molar-refractivity contribution in [2.75, 3.05) is 30.1 Å². The fraction of sp³-hybridized carbons (Fsp3) is 0.278. The summed E-state index contributed by atoms with van der Waals surface area (Å²) in [5.41, 5.74) is 3.28. The molecule has 134 valence electrons. The molecule has 1 amide bonds. The Hall–Kier alpha value is -1.86. The Balaban J connectivity index is 2.02. The van der Waals surface area contributed by atoms with E-state index in [1.54, 1.807) is 24.3 Å². The van der Waals surface area contributed by atoms with Crippen molar-refractivity contribution >= 4 is 43.0 Å². The molecule has 5 nitrogen and oxygen atoms in total. The van der Waals surface area contributed by atoms with Crippen LogP contribution in [0.3, 0.4) is 0 Å². The molecule has 2 aromatic carbocycles. The number of anilines is 2. The number of hydrogen-bond acceptors (Lipinski definition) is 4. The van der Waals surface area contributed by atoms with Crippen LogP contribution in [0.4, 0.5) is 11.4 Å². The van der Waals surface area contributed by atoms with Gasteiger partial charge in [0.1, 0.15) is 5.75 Å². The lowest BCUT2D eigenvalue weighted by molar-refractivity contribution is -0.113. The van der Waals surface area contributed by atoms with Crippen molar-refractivity contribution in [3.63, 3.8) is 0 Å². The van der Waals surface area contributed by atoms with E-state index in [9.17, 15) is 13.2 Å². The van der Waals surface area contributed by atoms with E-state index in [0.29, 0.717) is 11.3 Å². The van der Waals surface area contributed by atoms with Gasteiger partial charge in [-0.15, -0.1) is 0 Å². The number of hydrogen-bond donors (Lipinski definition) is 1. The first-order valence-corrected chi connectivity index (χ1v) is 10.3. The van der Waals surface area contributed by atoms with Crippen molar-refractivity contribution in [2.45, 2.75) is 12.7 Å². The molecule has 0 spiro atoms. The van der Waals surface area contributed by atoms with Crippen LogP contribution in [0.25, 0.3) is 0 Å². The molecule has 1 N–H and O–H groups in total. The lowest BCUT2D eigenvalue weighted by Crippen LogP contribution is -2.24. The summed E-state index contributed by atoms with van der Waals surface area (Å²) < 4.78 is 25.3. The lowest BCUT2D eigenvalue weighted by Gasteiger charge is -2.16. The molecule has 0 bridgehead atoms. The Bertz CT molecular complexity index is 880. The molecule has 0 aliphatic carbocycles. The molecule has 0 unspecified atom stereocenters. The molecule has 0 aliphatic heterocycles. The number of aryl methyl sites for hydroxylation is 1. The maximum absolute atomic E-state index is 12.2. The maximum atomic E-state index is 12.2. The summed E-state index contributed by atoms with van der Waals surface area (Å²) in [4.78, 5) is 14.1. The van der Waals surface area contributed by atoms with Gasteiger partial charge >= 0.3 is 0 Å². The number of nitrogens with one attached hydrogen (secondary N) is 1. The SMILES string of the molecule is Cc1cc(NC(=O)CS(=O)(=O)Cc2cccc(Br)c2)ccc1N(C)C. The molecule has 0 aromatic heterocycles. The second-order valence-corrected chi connectivity index (χ2v) is 9.09. The highest BCUT2D eigenvalue weighted by atomic mass is 79.9. The highest BCUT2D eigenvalue weighted by Crippen LogP contribution is 2.22. The summed E-state index contributed by atoms with van der Waals surface area (Å²) in [6.45, 7) is 1.94. The van der Waals surface area contributed by atoms with E-state index in [0.717, 1.165) is 15.7 Å². The van der Waals surface area contributed by atoms with E-state index < -0.39 is 21.5 Å². The number of nitrogens with zero attached hydrogens (tertiary/aromatic N) is 1. The minimum Gasteiger partial charge on any atom is -0.377 e. The second-order valence-electron chi connectivity index (χ2n) is 6.11. The summed E-state index contributed by atoms with van der Waals surface area (Å²) in [6.07, 6.45) is 0. The summed E-state index contributed by atoms with van der Waals surface area (Å²) in [7, 11) is 0.336. The van der Waals surface area contributed by atoms with Gasteiger partial charge in [-0.2, -0.15) is 0 Å². The van der Waals surface area contributed by atoms with Crippen LogP contribution in [0.15, 0.2) is 46.9 Å². The predicted octanol–water partition coefficient (Wildman–Crippen LogP) is 3.38. The minimum atomic E-state index is -3.54. The zero-order valence-corrected chi connectivity index (χ0v) is 16.8. The number of rotatable bonds is 6. The average Bonchev–Trinajstić information content (AvgIpc) is 2.45. The number of carbonyl (C=O) groups excluding carboxylic acids is 1. The normalized spacial score (nSPS) is 11.2. The van der Waals surface area contributed by atoms with Crippen molar-refractivity contribution in [3.8, 4) is 0 Å². The van der Waals surface area contributed by atoms with Crippen LogP contribution < -0.4 is 10.2 Å². The first-order chi connectivity index (χ1) is 11.7.